The van der Waals surface area contributed by atoms with Crippen molar-refractivity contribution in [3.8, 4) is 0 Å². The Morgan fingerprint density at radius 2 is 0.882 bits per heavy atom. The van der Waals surface area contributed by atoms with E-state index in [9.17, 15) is 0 Å². The second-order valence-electron chi connectivity index (χ2n) is 1.86. The molecule has 0 fully saturated rings. The van der Waals surface area contributed by atoms with Gasteiger partial charge in [0.25, 0.3) is 0 Å². The van der Waals surface area contributed by atoms with Crippen LogP contribution in [0, 0.1) is 0 Å². The third-order valence-electron chi connectivity index (χ3n) is 0.687. The Labute approximate surface area is 225 Å². The average Bonchev–Trinajstić information content (AvgIpc) is 1.77. The maximum atomic E-state index is 8.55. The fourth-order valence-electron chi connectivity index (χ4n) is 0.427. The number of rotatable bonds is 0. The molecule has 0 aliphatic rings. The van der Waals surface area contributed by atoms with Crippen molar-refractivity contribution < 1.29 is 173 Å². The van der Waals surface area contributed by atoms with E-state index in [2.05, 4.69) is 15.0 Å². The van der Waals surface area contributed by atoms with Crippen LogP contribution in [0.2, 0.25) is 0 Å². The van der Waals surface area contributed by atoms with Gasteiger partial charge in [-0.2, -0.15) is 22.8 Å². The normalized spacial score (nSPS) is 8.41. The molecule has 14 heteroatoms. The van der Waals surface area contributed by atoms with Crippen molar-refractivity contribution in [3.63, 3.8) is 0 Å². The molecule has 0 aliphatic carbocycles. The van der Waals surface area contributed by atoms with E-state index in [0.717, 1.165) is 0 Å². The van der Waals surface area contributed by atoms with Crippen LogP contribution in [0.25, 0.3) is 0 Å². The minimum atomic E-state index is -5.39. The zero-order valence-electron chi connectivity index (χ0n) is 9.65. The molecule has 0 aliphatic heterocycles. The third-order valence-corrected chi connectivity index (χ3v) is 0.687. The minimum Gasteiger partial charge on any atom is -0.822 e. The molecule has 0 amide bonds. The summed E-state index contributed by atoms with van der Waals surface area (Å²) in [5.41, 5.74) is 15.4. The van der Waals surface area contributed by atoms with Gasteiger partial charge < -0.3 is 36.4 Å². The Hall–Kier alpha value is 3.43. The SMILES string of the molecule is Nc1nc(N)nc(N)n1.O=P([O-])([O-])[O-].[K+].[K+].[K+]. The molecule has 17 heavy (non-hydrogen) atoms. The zero-order chi connectivity index (χ0) is 11.4. The number of aromatic nitrogens is 3. The summed E-state index contributed by atoms with van der Waals surface area (Å²) in [6.45, 7) is 0. The number of nitrogens with two attached hydrogens (primary N) is 3. The number of hydrogen-bond donors (Lipinski definition) is 3. The van der Waals surface area contributed by atoms with Crippen LogP contribution in [0.1, 0.15) is 0 Å². The van der Waals surface area contributed by atoms with Gasteiger partial charge in [0.2, 0.25) is 17.8 Å². The summed E-state index contributed by atoms with van der Waals surface area (Å²) in [5.74, 6) is 0.125. The van der Waals surface area contributed by atoms with Crippen LogP contribution < -0.4 is 186 Å². The first-order valence-corrected chi connectivity index (χ1v) is 4.40. The van der Waals surface area contributed by atoms with E-state index < -0.39 is 7.82 Å². The molecular formula is C3H6K3N6O4P. The van der Waals surface area contributed by atoms with Crippen LogP contribution >= 0.6 is 7.82 Å². The number of hydrogen-bond acceptors (Lipinski definition) is 10. The molecule has 1 aromatic heterocycles. The van der Waals surface area contributed by atoms with Crippen molar-refractivity contribution in [2.75, 3.05) is 17.2 Å². The Morgan fingerprint density at radius 1 is 0.765 bits per heavy atom. The number of phosphoric acid groups is 1. The first kappa shape index (κ1) is 28.6. The first-order valence-electron chi connectivity index (χ1n) is 2.94. The van der Waals surface area contributed by atoms with Crippen molar-refractivity contribution in [3.05, 3.63) is 0 Å². The molecule has 0 bridgehead atoms. The first-order chi connectivity index (χ1) is 6.18. The maximum Gasteiger partial charge on any atom is 1.00 e. The fourth-order valence-corrected chi connectivity index (χ4v) is 0.427. The van der Waals surface area contributed by atoms with Gasteiger partial charge in [-0.1, -0.05) is 0 Å². The summed E-state index contributed by atoms with van der Waals surface area (Å²) in [7, 11) is -5.39. The largest absolute Gasteiger partial charge is 1.00 e. The minimum absolute atomic E-state index is 0. The van der Waals surface area contributed by atoms with E-state index in [1.807, 2.05) is 0 Å². The molecule has 1 heterocycles. The van der Waals surface area contributed by atoms with Crippen molar-refractivity contribution in [1.29, 1.82) is 0 Å². The van der Waals surface area contributed by atoms with Gasteiger partial charge in [0.05, 0.1) is 0 Å². The van der Waals surface area contributed by atoms with Crippen molar-refractivity contribution in [1.82, 2.24) is 15.0 Å². The van der Waals surface area contributed by atoms with Gasteiger partial charge in [0.1, 0.15) is 0 Å². The van der Waals surface area contributed by atoms with Crippen LogP contribution in [0.3, 0.4) is 0 Å². The topological polar surface area (TPSA) is 203 Å². The fraction of sp³-hybridized carbons (Fsp3) is 0. The van der Waals surface area contributed by atoms with Gasteiger partial charge in [-0.15, -0.1) is 0 Å². The van der Waals surface area contributed by atoms with Crippen molar-refractivity contribution >= 4 is 25.7 Å². The van der Waals surface area contributed by atoms with Crippen molar-refractivity contribution in [2.24, 2.45) is 0 Å². The van der Waals surface area contributed by atoms with Crippen LogP contribution in [-0.4, -0.2) is 15.0 Å². The Kier molecular flexibility index (Phi) is 24.2. The van der Waals surface area contributed by atoms with Crippen LogP contribution in [-0.2, 0) is 4.57 Å². The molecule has 6 N–H and O–H groups in total. The molecule has 0 unspecified atom stereocenters. The Balaban J connectivity index is -0.0000000948. The second kappa shape index (κ2) is 14.4. The summed E-state index contributed by atoms with van der Waals surface area (Å²) >= 11 is 0. The zero-order valence-corrected chi connectivity index (χ0v) is 19.9. The monoisotopic (exact) mass is 338 g/mol. The van der Waals surface area contributed by atoms with Gasteiger partial charge >= 0.3 is 154 Å². The number of anilines is 3. The molecule has 0 spiro atoms. The molecule has 0 aromatic carbocycles. The Bertz CT molecular complexity index is 304. The van der Waals surface area contributed by atoms with Gasteiger partial charge in [-0.05, 0) is 0 Å². The predicted octanol–water partition coefficient (Wildman–Crippen LogP) is -13.2. The van der Waals surface area contributed by atoms with Crippen LogP contribution in [0.5, 0.6) is 0 Å². The molecule has 0 radical (unpaired) electrons. The van der Waals surface area contributed by atoms with Crippen molar-refractivity contribution in [2.45, 2.75) is 0 Å². The van der Waals surface area contributed by atoms with E-state index in [4.69, 9.17) is 36.4 Å². The molecule has 1 rings (SSSR count). The molecule has 10 nitrogen and oxygen atoms in total. The molecule has 80 valence electrons. The van der Waals surface area contributed by atoms with Crippen LogP contribution in [0.4, 0.5) is 17.8 Å². The molecule has 0 saturated carbocycles. The maximum absolute atomic E-state index is 8.55. The molecule has 0 saturated heterocycles. The van der Waals surface area contributed by atoms with Gasteiger partial charge in [-0.3, -0.25) is 0 Å². The third kappa shape index (κ3) is 24.8. The van der Waals surface area contributed by atoms with E-state index in [-0.39, 0.29) is 172 Å². The molecular weight excluding hydrogens is 332 g/mol. The summed E-state index contributed by atoms with van der Waals surface area (Å²) < 4.78 is 8.55. The quantitative estimate of drug-likeness (QED) is 0.301. The van der Waals surface area contributed by atoms with Crippen LogP contribution in [0.15, 0.2) is 0 Å². The van der Waals surface area contributed by atoms with E-state index in [0.29, 0.717) is 0 Å². The molecule has 1 aromatic rings. The average molecular weight is 338 g/mol. The van der Waals surface area contributed by atoms with E-state index in [1.165, 1.54) is 0 Å². The number of nitrogen functional groups attached to an aromatic ring is 3. The van der Waals surface area contributed by atoms with Gasteiger partial charge in [-0.25, -0.2) is 0 Å². The summed E-state index contributed by atoms with van der Waals surface area (Å²) in [6, 6.07) is 0. The smallest absolute Gasteiger partial charge is 0.822 e. The number of nitrogens with zero attached hydrogens (tertiary/aromatic N) is 3. The Morgan fingerprint density at radius 3 is 1.00 bits per heavy atom. The van der Waals surface area contributed by atoms with Gasteiger partial charge in [0.15, 0.2) is 0 Å². The van der Waals surface area contributed by atoms with Gasteiger partial charge in [0, 0.05) is 0 Å². The summed E-state index contributed by atoms with van der Waals surface area (Å²) in [6.07, 6.45) is 0. The predicted molar refractivity (Wildman–Crippen MR) is 40.7 cm³/mol. The molecule has 0 atom stereocenters. The second-order valence-corrected chi connectivity index (χ2v) is 2.75. The summed E-state index contributed by atoms with van der Waals surface area (Å²) in [4.78, 5) is 36.1. The standard InChI is InChI=1S/C3H6N6.3K.H3O4P/c4-1-7-2(5)9-3(6)8-1;;;;1-5(2,3)4/h(H6,4,5,6,7,8,9);;;;(H3,1,2,3,4)/q;3*+1;/p-3. The summed E-state index contributed by atoms with van der Waals surface area (Å²) in [5, 5.41) is 0. The van der Waals surface area contributed by atoms with E-state index >= 15 is 0 Å². The van der Waals surface area contributed by atoms with E-state index in [1.54, 1.807) is 0 Å².